The van der Waals surface area contributed by atoms with Crippen LogP contribution in [0.4, 0.5) is 4.39 Å². The first kappa shape index (κ1) is 25.0. The number of rotatable bonds is 7. The Bertz CT molecular complexity index is 789. The molecule has 0 aliphatic carbocycles. The summed E-state index contributed by atoms with van der Waals surface area (Å²) in [5, 5.41) is 7.78. The zero-order chi connectivity index (χ0) is 20.6. The van der Waals surface area contributed by atoms with Gasteiger partial charge >= 0.3 is 0 Å². The summed E-state index contributed by atoms with van der Waals surface area (Å²) in [5.41, 5.74) is 2.16. The van der Waals surface area contributed by atoms with Crippen LogP contribution in [0.5, 0.6) is 0 Å². The van der Waals surface area contributed by atoms with E-state index in [-0.39, 0.29) is 35.8 Å². The van der Waals surface area contributed by atoms with Crippen molar-refractivity contribution >= 4 is 41.3 Å². The van der Waals surface area contributed by atoms with Gasteiger partial charge in [0.1, 0.15) is 10.8 Å². The summed E-state index contributed by atoms with van der Waals surface area (Å²) in [5.74, 6) is 0.546. The van der Waals surface area contributed by atoms with Gasteiger partial charge in [-0.25, -0.2) is 14.4 Å². The number of guanidine groups is 1. The molecule has 3 rings (SSSR count). The molecule has 2 N–H and O–H groups in total. The van der Waals surface area contributed by atoms with Gasteiger partial charge in [-0.1, -0.05) is 12.1 Å². The van der Waals surface area contributed by atoms with Gasteiger partial charge in [0, 0.05) is 31.1 Å². The lowest BCUT2D eigenvalue weighted by atomic mass is 10.0. The lowest BCUT2D eigenvalue weighted by Gasteiger charge is -2.35. The Morgan fingerprint density at radius 3 is 2.53 bits per heavy atom. The molecule has 1 unspecified atom stereocenters. The number of thiazole rings is 1. The largest absolute Gasteiger partial charge is 0.379 e. The maximum atomic E-state index is 13.4. The van der Waals surface area contributed by atoms with E-state index in [1.165, 1.54) is 17.0 Å². The van der Waals surface area contributed by atoms with E-state index in [9.17, 15) is 4.39 Å². The summed E-state index contributed by atoms with van der Waals surface area (Å²) in [6.07, 6.45) is 0. The molecule has 1 saturated heterocycles. The van der Waals surface area contributed by atoms with Gasteiger partial charge in [0.25, 0.3) is 0 Å². The second kappa shape index (κ2) is 12.5. The fraction of sp³-hybridized carbons (Fsp3) is 0.524. The highest BCUT2D eigenvalue weighted by molar-refractivity contribution is 14.0. The molecule has 0 bridgehead atoms. The van der Waals surface area contributed by atoms with E-state index in [1.807, 2.05) is 26.0 Å². The van der Waals surface area contributed by atoms with Crippen molar-refractivity contribution in [1.29, 1.82) is 0 Å². The van der Waals surface area contributed by atoms with E-state index >= 15 is 0 Å². The van der Waals surface area contributed by atoms with Gasteiger partial charge in [-0.3, -0.25) is 4.90 Å². The molecule has 30 heavy (non-hydrogen) atoms. The third-order valence-electron chi connectivity index (χ3n) is 4.99. The van der Waals surface area contributed by atoms with Crippen LogP contribution < -0.4 is 10.6 Å². The first-order valence-corrected chi connectivity index (χ1v) is 10.9. The molecule has 0 amide bonds. The molecule has 2 heterocycles. The summed E-state index contributed by atoms with van der Waals surface area (Å²) < 4.78 is 18.9. The van der Waals surface area contributed by atoms with Crippen molar-refractivity contribution in [2.24, 2.45) is 4.99 Å². The number of ether oxygens (including phenoxy) is 1. The molecule has 1 aromatic carbocycles. The third-order valence-corrected chi connectivity index (χ3v) is 6.05. The van der Waals surface area contributed by atoms with Crippen LogP contribution in [0.15, 0.2) is 29.3 Å². The van der Waals surface area contributed by atoms with Crippen LogP contribution in [0, 0.1) is 19.7 Å². The molecule has 1 aromatic heterocycles. The molecule has 6 nitrogen and oxygen atoms in total. The summed E-state index contributed by atoms with van der Waals surface area (Å²) >= 11 is 1.69. The van der Waals surface area contributed by atoms with E-state index in [0.29, 0.717) is 26.3 Å². The van der Waals surface area contributed by atoms with E-state index < -0.39 is 0 Å². The Hall–Kier alpha value is -1.30. The summed E-state index contributed by atoms with van der Waals surface area (Å²) in [7, 11) is 0. The highest BCUT2D eigenvalue weighted by atomic mass is 127. The van der Waals surface area contributed by atoms with Gasteiger partial charge in [0.15, 0.2) is 5.96 Å². The van der Waals surface area contributed by atoms with Crippen molar-refractivity contribution in [2.75, 3.05) is 39.4 Å². The average Bonchev–Trinajstić information content (AvgIpc) is 3.05. The molecule has 2 aromatic rings. The molecule has 0 spiro atoms. The molecular formula is C21H31FIN5OS. The van der Waals surface area contributed by atoms with Gasteiger partial charge in [-0.15, -0.1) is 35.3 Å². The fourth-order valence-corrected chi connectivity index (χ4v) is 4.18. The first-order valence-electron chi connectivity index (χ1n) is 10.1. The van der Waals surface area contributed by atoms with E-state index in [4.69, 9.17) is 9.73 Å². The number of aromatic nitrogens is 1. The molecule has 9 heteroatoms. The number of hydrogen-bond donors (Lipinski definition) is 2. The molecule has 1 aliphatic rings. The number of nitrogens with zero attached hydrogens (tertiary/aromatic N) is 3. The molecule has 166 valence electrons. The number of hydrogen-bond acceptors (Lipinski definition) is 5. The Balaban J connectivity index is 0.00000320. The lowest BCUT2D eigenvalue weighted by molar-refractivity contribution is 0.0170. The van der Waals surface area contributed by atoms with Crippen LogP contribution in [-0.4, -0.2) is 55.2 Å². The minimum absolute atomic E-state index is 0. The van der Waals surface area contributed by atoms with Crippen LogP contribution in [0.25, 0.3) is 0 Å². The van der Waals surface area contributed by atoms with Crippen LogP contribution >= 0.6 is 35.3 Å². The number of nitrogens with one attached hydrogen (secondary N) is 2. The fourth-order valence-electron chi connectivity index (χ4n) is 3.32. The van der Waals surface area contributed by atoms with Crippen molar-refractivity contribution in [2.45, 2.75) is 33.4 Å². The van der Waals surface area contributed by atoms with Gasteiger partial charge in [-0.05, 0) is 38.5 Å². The minimum atomic E-state index is -0.216. The van der Waals surface area contributed by atoms with Crippen LogP contribution in [-0.2, 0) is 11.3 Å². The summed E-state index contributed by atoms with van der Waals surface area (Å²) in [6, 6.07) is 6.89. The van der Waals surface area contributed by atoms with Crippen molar-refractivity contribution in [3.05, 3.63) is 51.2 Å². The van der Waals surface area contributed by atoms with E-state index in [0.717, 1.165) is 41.9 Å². The Labute approximate surface area is 199 Å². The molecule has 1 fully saturated rings. The highest BCUT2D eigenvalue weighted by Gasteiger charge is 2.23. The number of aliphatic imine (C=N–C) groups is 1. The lowest BCUT2D eigenvalue weighted by Crippen LogP contribution is -2.46. The second-order valence-corrected chi connectivity index (χ2v) is 8.33. The summed E-state index contributed by atoms with van der Waals surface area (Å²) in [6.45, 7) is 11.3. The quantitative estimate of drug-likeness (QED) is 0.315. The Morgan fingerprint density at radius 2 is 1.93 bits per heavy atom. The number of halogens is 2. The molecule has 0 radical (unpaired) electrons. The number of aryl methyl sites for hydroxylation is 2. The van der Waals surface area contributed by atoms with Crippen LogP contribution in [0.3, 0.4) is 0 Å². The van der Waals surface area contributed by atoms with Crippen molar-refractivity contribution < 1.29 is 9.13 Å². The van der Waals surface area contributed by atoms with E-state index in [1.54, 1.807) is 11.3 Å². The molecule has 1 aliphatic heterocycles. The van der Waals surface area contributed by atoms with Gasteiger partial charge in [0.2, 0.25) is 0 Å². The normalized spacial score (nSPS) is 16.1. The molecule has 1 atom stereocenters. The maximum absolute atomic E-state index is 13.4. The van der Waals surface area contributed by atoms with E-state index in [2.05, 4.69) is 27.4 Å². The predicted octanol–water partition coefficient (Wildman–Crippen LogP) is 3.65. The average molecular weight is 547 g/mol. The molecular weight excluding hydrogens is 516 g/mol. The van der Waals surface area contributed by atoms with Crippen LogP contribution in [0.2, 0.25) is 0 Å². The Morgan fingerprint density at radius 1 is 1.23 bits per heavy atom. The van der Waals surface area contributed by atoms with Crippen molar-refractivity contribution in [3.8, 4) is 0 Å². The van der Waals surface area contributed by atoms with Gasteiger partial charge in [-0.2, -0.15) is 0 Å². The SMILES string of the molecule is CCNC(=NCc1nc(C)c(C)s1)NCC(c1ccc(F)cc1)N1CCOCC1.I. The number of morpholine rings is 1. The first-order chi connectivity index (χ1) is 14.1. The predicted molar refractivity (Wildman–Crippen MR) is 131 cm³/mol. The van der Waals surface area contributed by atoms with Gasteiger partial charge < -0.3 is 15.4 Å². The smallest absolute Gasteiger partial charge is 0.191 e. The zero-order valence-corrected chi connectivity index (χ0v) is 20.9. The minimum Gasteiger partial charge on any atom is -0.379 e. The summed E-state index contributed by atoms with van der Waals surface area (Å²) in [4.78, 5) is 12.9. The van der Waals surface area contributed by atoms with Crippen LogP contribution in [0.1, 0.15) is 34.1 Å². The topological polar surface area (TPSA) is 61.8 Å². The van der Waals surface area contributed by atoms with Crippen molar-refractivity contribution in [3.63, 3.8) is 0 Å². The highest BCUT2D eigenvalue weighted by Crippen LogP contribution is 2.22. The van der Waals surface area contributed by atoms with Gasteiger partial charge in [0.05, 0.1) is 31.5 Å². The monoisotopic (exact) mass is 547 g/mol. The Kier molecular flexibility index (Phi) is 10.4. The maximum Gasteiger partial charge on any atom is 0.191 e. The molecule has 0 saturated carbocycles. The standard InChI is InChI=1S/C21H30FN5OS.HI/c1-4-23-21(25-14-20-26-15(2)16(3)29-20)24-13-19(27-9-11-28-12-10-27)17-5-7-18(22)8-6-17;/h5-8,19H,4,9-14H2,1-3H3,(H2,23,24,25);1H. The number of benzene rings is 1. The van der Waals surface area contributed by atoms with Crippen molar-refractivity contribution in [1.82, 2.24) is 20.5 Å². The second-order valence-electron chi connectivity index (χ2n) is 7.04. The third kappa shape index (κ3) is 7.14. The zero-order valence-electron chi connectivity index (χ0n) is 17.8.